The van der Waals surface area contributed by atoms with Crippen molar-refractivity contribution in [1.29, 1.82) is 0 Å². The molecule has 0 aliphatic carbocycles. The van der Waals surface area contributed by atoms with Crippen molar-refractivity contribution < 1.29 is 32.6 Å². The third-order valence-electron chi connectivity index (χ3n) is 7.35. The molecule has 2 aromatic rings. The summed E-state index contributed by atoms with van der Waals surface area (Å²) in [5.74, 6) is 3.03. The van der Waals surface area contributed by atoms with Crippen LogP contribution < -0.4 is 22.5 Å². The van der Waals surface area contributed by atoms with E-state index < -0.39 is 45.1 Å². The molecule has 0 aromatic heterocycles. The molecular formula is C32H46N4O7S. The molecule has 0 aliphatic heterocycles. The van der Waals surface area contributed by atoms with E-state index in [1.54, 1.807) is 17.6 Å². The highest BCUT2D eigenvalue weighted by molar-refractivity contribution is 7.85. The molecule has 0 radical (unpaired) electrons. The van der Waals surface area contributed by atoms with Crippen molar-refractivity contribution in [3.8, 4) is 0 Å². The van der Waals surface area contributed by atoms with Crippen molar-refractivity contribution in [3.63, 3.8) is 0 Å². The molecule has 8 N–H and O–H groups in total. The topological polar surface area (TPSA) is 202 Å². The number of hydrazine groups is 1. The fourth-order valence-electron chi connectivity index (χ4n) is 4.83. The number of carbonyl (C=O) groups excluding carboxylic acids is 3. The highest BCUT2D eigenvalue weighted by atomic mass is 32.2. The van der Waals surface area contributed by atoms with Crippen molar-refractivity contribution in [2.45, 2.75) is 77.7 Å². The molecule has 2 amide bonds. The summed E-state index contributed by atoms with van der Waals surface area (Å²) in [6.45, 7) is 9.03. The fourth-order valence-corrected chi connectivity index (χ4v) is 5.31. The van der Waals surface area contributed by atoms with E-state index in [1.165, 1.54) is 19.1 Å². The Kier molecular flexibility index (Phi) is 15.9. The van der Waals surface area contributed by atoms with Gasteiger partial charge in [0.2, 0.25) is 5.91 Å². The van der Waals surface area contributed by atoms with Gasteiger partial charge in [0.25, 0.3) is 16.0 Å². The minimum absolute atomic E-state index is 0.0127. The molecule has 3 atom stereocenters. The van der Waals surface area contributed by atoms with Crippen LogP contribution in [-0.2, 0) is 24.5 Å². The molecule has 2 aromatic carbocycles. The Bertz CT molecular complexity index is 1410. The second-order valence-electron chi connectivity index (χ2n) is 10.7. The predicted molar refractivity (Wildman–Crippen MR) is 170 cm³/mol. The van der Waals surface area contributed by atoms with E-state index >= 15 is 0 Å². The SMILES string of the molecule is CCC[C@](C/C(=C(/C)CC)[C@H](CC=Cc1ccccc1)C(=O)NO)(C(=O)NN)C(=O)[C@@H](C)N.Cc1ccc(S(=O)(=O)O)cc1. The van der Waals surface area contributed by atoms with Crippen LogP contribution in [0, 0.1) is 18.3 Å². The maximum atomic E-state index is 13.2. The first-order chi connectivity index (χ1) is 20.7. The number of nitrogens with two attached hydrogens (primary N) is 2. The van der Waals surface area contributed by atoms with Crippen LogP contribution in [0.2, 0.25) is 0 Å². The molecule has 44 heavy (non-hydrogen) atoms. The summed E-state index contributed by atoms with van der Waals surface area (Å²) >= 11 is 0. The number of ketones is 1. The molecule has 0 heterocycles. The van der Waals surface area contributed by atoms with Crippen LogP contribution in [0.1, 0.15) is 70.9 Å². The first-order valence-electron chi connectivity index (χ1n) is 14.4. The van der Waals surface area contributed by atoms with E-state index in [2.05, 4.69) is 5.43 Å². The zero-order chi connectivity index (χ0) is 33.5. The van der Waals surface area contributed by atoms with Crippen LogP contribution in [0.25, 0.3) is 6.08 Å². The molecule has 11 nitrogen and oxygen atoms in total. The number of amides is 2. The van der Waals surface area contributed by atoms with Gasteiger partial charge in [0.05, 0.1) is 16.9 Å². The number of benzene rings is 2. The van der Waals surface area contributed by atoms with Gasteiger partial charge in [-0.3, -0.25) is 29.6 Å². The summed E-state index contributed by atoms with van der Waals surface area (Å²) in [7, 11) is -4.02. The van der Waals surface area contributed by atoms with Crippen LogP contribution in [0.3, 0.4) is 0 Å². The van der Waals surface area contributed by atoms with E-state index in [0.29, 0.717) is 18.4 Å². The standard InChI is InChI=1S/C25H38N4O4.C7H8O3S/c1-5-15-25(24(32)28-27,22(30)18(4)26)16-21(17(3)6-2)20(23(31)29-33)14-10-13-19-11-8-7-9-12-19;1-6-2-4-7(5-3-6)11(8,9)10/h7-13,18,20,33H,5-6,14-16,26-27H2,1-4H3,(H,28,32)(H,29,31);2-5H,1H3,(H,8,9,10)/b13-10?,21-17+;/t18-,20+,25-;/m1./s1. The Balaban J connectivity index is 0.000000733. The molecular weight excluding hydrogens is 584 g/mol. The Hall–Kier alpha value is -3.68. The minimum atomic E-state index is -4.02. The lowest BCUT2D eigenvalue weighted by molar-refractivity contribution is -0.144. The predicted octanol–water partition coefficient (Wildman–Crippen LogP) is 4.26. The second kappa shape index (κ2) is 18.2. The number of carbonyl (C=O) groups is 3. The summed E-state index contributed by atoms with van der Waals surface area (Å²) in [5.41, 5.74) is 11.7. The van der Waals surface area contributed by atoms with Gasteiger partial charge in [0.1, 0.15) is 5.41 Å². The maximum Gasteiger partial charge on any atom is 0.294 e. The first-order valence-corrected chi connectivity index (χ1v) is 15.8. The Morgan fingerprint density at radius 2 is 1.64 bits per heavy atom. The Labute approximate surface area is 260 Å². The largest absolute Gasteiger partial charge is 0.322 e. The quantitative estimate of drug-likeness (QED) is 0.0335. The van der Waals surface area contributed by atoms with Crippen LogP contribution in [0.15, 0.2) is 76.7 Å². The lowest BCUT2D eigenvalue weighted by Crippen LogP contribution is -2.54. The summed E-state index contributed by atoms with van der Waals surface area (Å²) in [4.78, 5) is 38.9. The zero-order valence-corrected chi connectivity index (χ0v) is 26.9. The van der Waals surface area contributed by atoms with Gasteiger partial charge in [-0.05, 0) is 64.2 Å². The Morgan fingerprint density at radius 3 is 2.09 bits per heavy atom. The molecule has 0 spiro atoms. The van der Waals surface area contributed by atoms with Gasteiger partial charge < -0.3 is 5.73 Å². The zero-order valence-electron chi connectivity index (χ0n) is 26.0. The first kappa shape index (κ1) is 38.3. The van der Waals surface area contributed by atoms with Crippen molar-refractivity contribution in [3.05, 3.63) is 82.9 Å². The average Bonchev–Trinajstić information content (AvgIpc) is 3.00. The summed E-state index contributed by atoms with van der Waals surface area (Å²) < 4.78 is 29.6. The molecule has 12 heteroatoms. The Morgan fingerprint density at radius 1 is 1.05 bits per heavy atom. The highest BCUT2D eigenvalue weighted by Gasteiger charge is 2.47. The molecule has 0 saturated heterocycles. The smallest absolute Gasteiger partial charge is 0.294 e. The van der Waals surface area contributed by atoms with E-state index in [1.807, 2.05) is 70.2 Å². The molecule has 2 rings (SSSR count). The van der Waals surface area contributed by atoms with Crippen molar-refractivity contribution in [2.24, 2.45) is 22.9 Å². The number of nitrogens with one attached hydrogen (secondary N) is 2. The van der Waals surface area contributed by atoms with Crippen LogP contribution >= 0.6 is 0 Å². The van der Waals surface area contributed by atoms with Crippen LogP contribution in [0.4, 0.5) is 0 Å². The summed E-state index contributed by atoms with van der Waals surface area (Å²) in [6.07, 6.45) is 5.35. The van der Waals surface area contributed by atoms with Crippen LogP contribution in [0.5, 0.6) is 0 Å². The third-order valence-corrected chi connectivity index (χ3v) is 8.21. The molecule has 0 fully saturated rings. The van der Waals surface area contributed by atoms with Crippen molar-refractivity contribution >= 4 is 33.8 Å². The number of aryl methyl sites for hydroxylation is 1. The number of allylic oxidation sites excluding steroid dienone is 2. The van der Waals surface area contributed by atoms with Gasteiger partial charge in [-0.15, -0.1) is 0 Å². The number of hydrogen-bond donors (Lipinski definition) is 6. The van der Waals surface area contributed by atoms with Crippen molar-refractivity contribution in [2.75, 3.05) is 0 Å². The second-order valence-corrected chi connectivity index (χ2v) is 12.1. The van der Waals surface area contributed by atoms with Crippen molar-refractivity contribution in [1.82, 2.24) is 10.9 Å². The average molecular weight is 631 g/mol. The summed E-state index contributed by atoms with van der Waals surface area (Å²) in [6, 6.07) is 14.7. The van der Waals surface area contributed by atoms with Crippen LogP contribution in [-0.4, -0.2) is 41.8 Å². The van der Waals surface area contributed by atoms with Gasteiger partial charge in [-0.25, -0.2) is 11.3 Å². The lowest BCUT2D eigenvalue weighted by Gasteiger charge is -2.35. The lowest BCUT2D eigenvalue weighted by atomic mass is 9.68. The number of hydroxylamine groups is 1. The van der Waals surface area contributed by atoms with Gasteiger partial charge in [0.15, 0.2) is 5.78 Å². The van der Waals surface area contributed by atoms with E-state index in [0.717, 1.165) is 16.7 Å². The van der Waals surface area contributed by atoms with Gasteiger partial charge in [0, 0.05) is 0 Å². The third kappa shape index (κ3) is 11.1. The molecule has 242 valence electrons. The highest BCUT2D eigenvalue weighted by Crippen LogP contribution is 2.39. The van der Waals surface area contributed by atoms with Gasteiger partial charge in [-0.2, -0.15) is 8.42 Å². The van der Waals surface area contributed by atoms with E-state index in [4.69, 9.17) is 16.1 Å². The van der Waals surface area contributed by atoms with Gasteiger partial charge in [-0.1, -0.05) is 91.6 Å². The summed E-state index contributed by atoms with van der Waals surface area (Å²) in [5, 5.41) is 9.45. The number of Topliss-reactive ketones (excluding diaryl/α,β-unsaturated/α-hetero) is 1. The number of rotatable bonds is 14. The molecule has 0 bridgehead atoms. The minimum Gasteiger partial charge on any atom is -0.322 e. The normalized spacial score (nSPS) is 14.8. The van der Waals surface area contributed by atoms with E-state index in [9.17, 15) is 28.0 Å². The monoisotopic (exact) mass is 630 g/mol. The fraction of sp³-hybridized carbons (Fsp3) is 0.406. The number of hydrogen-bond acceptors (Lipinski definition) is 8. The molecule has 0 saturated carbocycles. The van der Waals surface area contributed by atoms with E-state index in [-0.39, 0.29) is 24.2 Å². The molecule has 0 unspecified atom stereocenters. The van der Waals surface area contributed by atoms with Gasteiger partial charge >= 0.3 is 0 Å². The maximum absolute atomic E-state index is 13.2. The molecule has 0 aliphatic rings.